The maximum atomic E-state index is 12.8. The number of ketones is 1. The number of benzene rings is 1. The number of aryl methyl sites for hydroxylation is 2. The first-order valence-electron chi connectivity index (χ1n) is 8.30. The molecule has 1 fully saturated rings. The van der Waals surface area contributed by atoms with Gasteiger partial charge in [-0.15, -0.1) is 0 Å². The zero-order valence-corrected chi connectivity index (χ0v) is 14.0. The van der Waals surface area contributed by atoms with Crippen LogP contribution in [-0.2, 0) is 0 Å². The first-order valence-corrected chi connectivity index (χ1v) is 8.30. The molecule has 21 heavy (non-hydrogen) atoms. The molecule has 0 aliphatic heterocycles. The van der Waals surface area contributed by atoms with Gasteiger partial charge in [-0.3, -0.25) is 9.69 Å². The van der Waals surface area contributed by atoms with Crippen LogP contribution < -0.4 is 0 Å². The molecule has 1 unspecified atom stereocenters. The molecule has 0 amide bonds. The number of rotatable bonds is 5. The average Bonchev–Trinajstić information content (AvgIpc) is 2.49. The molecule has 0 aromatic heterocycles. The zero-order chi connectivity index (χ0) is 15.4. The molecule has 1 saturated carbocycles. The van der Waals surface area contributed by atoms with E-state index in [4.69, 9.17) is 0 Å². The summed E-state index contributed by atoms with van der Waals surface area (Å²) in [5.74, 6) is 1.03. The lowest BCUT2D eigenvalue weighted by Crippen LogP contribution is -2.39. The molecule has 0 N–H and O–H groups in total. The van der Waals surface area contributed by atoms with Gasteiger partial charge in [-0.05, 0) is 58.2 Å². The van der Waals surface area contributed by atoms with Crippen LogP contribution in [0.3, 0.4) is 0 Å². The second kappa shape index (κ2) is 7.22. The molecule has 2 heteroatoms. The van der Waals surface area contributed by atoms with Gasteiger partial charge in [0, 0.05) is 12.1 Å². The highest BCUT2D eigenvalue weighted by molar-refractivity contribution is 6.01. The van der Waals surface area contributed by atoms with E-state index >= 15 is 0 Å². The molecule has 0 saturated heterocycles. The normalized spacial score (nSPS) is 18.0. The third kappa shape index (κ3) is 4.16. The van der Waals surface area contributed by atoms with E-state index < -0.39 is 0 Å². The third-order valence-corrected chi connectivity index (χ3v) is 4.97. The third-order valence-electron chi connectivity index (χ3n) is 4.97. The molecule has 0 bridgehead atoms. The summed E-state index contributed by atoms with van der Waals surface area (Å²) < 4.78 is 0. The fraction of sp³-hybridized carbons (Fsp3) is 0.632. The molecule has 1 aliphatic rings. The van der Waals surface area contributed by atoms with Crippen molar-refractivity contribution >= 4 is 5.78 Å². The second-order valence-corrected chi connectivity index (χ2v) is 6.80. The molecule has 0 radical (unpaired) electrons. The van der Waals surface area contributed by atoms with Crippen molar-refractivity contribution in [2.45, 2.75) is 58.9 Å². The molecule has 1 aromatic rings. The molecule has 116 valence electrons. The highest BCUT2D eigenvalue weighted by Gasteiger charge is 2.24. The lowest BCUT2D eigenvalue weighted by molar-refractivity contribution is 0.0841. The Morgan fingerprint density at radius 3 is 2.57 bits per heavy atom. The lowest BCUT2D eigenvalue weighted by Gasteiger charge is -2.30. The Morgan fingerprint density at radius 2 is 1.90 bits per heavy atom. The van der Waals surface area contributed by atoms with Crippen LogP contribution in [0.15, 0.2) is 18.2 Å². The van der Waals surface area contributed by atoms with Crippen LogP contribution in [0.1, 0.15) is 60.5 Å². The van der Waals surface area contributed by atoms with Crippen LogP contribution in [-0.4, -0.2) is 30.3 Å². The minimum absolute atomic E-state index is 0.0348. The van der Waals surface area contributed by atoms with Crippen LogP contribution in [0.2, 0.25) is 0 Å². The van der Waals surface area contributed by atoms with Gasteiger partial charge in [0.15, 0.2) is 5.78 Å². The van der Waals surface area contributed by atoms with Gasteiger partial charge < -0.3 is 0 Å². The predicted molar refractivity (Wildman–Crippen MR) is 88.9 cm³/mol. The topological polar surface area (TPSA) is 20.3 Å². The predicted octanol–water partition coefficient (Wildman–Crippen LogP) is 4.39. The van der Waals surface area contributed by atoms with Crippen molar-refractivity contribution in [2.75, 3.05) is 13.6 Å². The number of likely N-dealkylation sites (N-methyl/N-ethyl adjacent to an activating group) is 1. The molecule has 0 heterocycles. The van der Waals surface area contributed by atoms with E-state index in [0.29, 0.717) is 0 Å². The van der Waals surface area contributed by atoms with Gasteiger partial charge in [0.05, 0.1) is 6.04 Å². The molecular weight excluding hydrogens is 258 g/mol. The van der Waals surface area contributed by atoms with Crippen LogP contribution in [0, 0.1) is 19.8 Å². The van der Waals surface area contributed by atoms with Gasteiger partial charge in [-0.1, -0.05) is 37.0 Å². The summed E-state index contributed by atoms with van der Waals surface area (Å²) in [5, 5.41) is 0. The van der Waals surface area contributed by atoms with Crippen molar-refractivity contribution in [3.8, 4) is 0 Å². The highest BCUT2D eigenvalue weighted by atomic mass is 16.1. The van der Waals surface area contributed by atoms with Crippen molar-refractivity contribution < 1.29 is 4.79 Å². The first kappa shape index (κ1) is 16.2. The maximum Gasteiger partial charge on any atom is 0.179 e. The van der Waals surface area contributed by atoms with Gasteiger partial charge in [0.2, 0.25) is 0 Å². The van der Waals surface area contributed by atoms with Gasteiger partial charge >= 0.3 is 0 Å². The molecule has 1 atom stereocenters. The SMILES string of the molecule is Cc1ccc(C)c(C(=O)C(C)N(C)CC2CCCCC2)c1. The second-order valence-electron chi connectivity index (χ2n) is 6.80. The van der Waals surface area contributed by atoms with Gasteiger partial charge in [-0.2, -0.15) is 0 Å². The quantitative estimate of drug-likeness (QED) is 0.749. The van der Waals surface area contributed by atoms with Crippen LogP contribution in [0.25, 0.3) is 0 Å². The Morgan fingerprint density at radius 1 is 1.24 bits per heavy atom. The molecule has 1 aromatic carbocycles. The van der Waals surface area contributed by atoms with Crippen molar-refractivity contribution in [3.05, 3.63) is 34.9 Å². The maximum absolute atomic E-state index is 12.8. The van der Waals surface area contributed by atoms with E-state index in [1.807, 2.05) is 26.8 Å². The monoisotopic (exact) mass is 287 g/mol. The van der Waals surface area contributed by atoms with E-state index in [2.05, 4.69) is 24.1 Å². The summed E-state index contributed by atoms with van der Waals surface area (Å²) in [7, 11) is 2.10. The summed E-state index contributed by atoms with van der Waals surface area (Å²) >= 11 is 0. The fourth-order valence-corrected chi connectivity index (χ4v) is 3.36. The molecule has 1 aliphatic carbocycles. The van der Waals surface area contributed by atoms with Gasteiger partial charge in [0.1, 0.15) is 0 Å². The number of Topliss-reactive ketones (excluding diaryl/α,β-unsaturated/α-hetero) is 1. The number of nitrogens with zero attached hydrogens (tertiary/aromatic N) is 1. The van der Waals surface area contributed by atoms with E-state index in [1.54, 1.807) is 0 Å². The summed E-state index contributed by atoms with van der Waals surface area (Å²) in [4.78, 5) is 15.0. The number of carbonyl (C=O) groups excluding carboxylic acids is 1. The van der Waals surface area contributed by atoms with Crippen molar-refractivity contribution in [1.82, 2.24) is 4.90 Å². The summed E-state index contributed by atoms with van der Waals surface area (Å²) in [6, 6.07) is 6.12. The largest absolute Gasteiger partial charge is 0.296 e. The highest BCUT2D eigenvalue weighted by Crippen LogP contribution is 2.25. The van der Waals surface area contributed by atoms with Gasteiger partial charge in [0.25, 0.3) is 0 Å². The van der Waals surface area contributed by atoms with E-state index in [0.717, 1.165) is 29.2 Å². The molecule has 0 spiro atoms. The smallest absolute Gasteiger partial charge is 0.179 e. The zero-order valence-electron chi connectivity index (χ0n) is 14.0. The van der Waals surface area contributed by atoms with Crippen LogP contribution >= 0.6 is 0 Å². The van der Waals surface area contributed by atoms with Crippen LogP contribution in [0.5, 0.6) is 0 Å². The van der Waals surface area contributed by atoms with E-state index in [1.165, 1.54) is 32.1 Å². The van der Waals surface area contributed by atoms with Crippen molar-refractivity contribution in [3.63, 3.8) is 0 Å². The number of carbonyl (C=O) groups is 1. The molecule has 2 nitrogen and oxygen atoms in total. The first-order chi connectivity index (χ1) is 9.99. The van der Waals surface area contributed by atoms with E-state index in [-0.39, 0.29) is 11.8 Å². The Labute approximate surface area is 129 Å². The van der Waals surface area contributed by atoms with Gasteiger partial charge in [-0.25, -0.2) is 0 Å². The van der Waals surface area contributed by atoms with E-state index in [9.17, 15) is 4.79 Å². The Bertz CT molecular complexity index is 488. The van der Waals surface area contributed by atoms with Crippen molar-refractivity contribution in [2.24, 2.45) is 5.92 Å². The number of hydrogen-bond donors (Lipinski definition) is 0. The summed E-state index contributed by atoms with van der Waals surface area (Å²) in [5.41, 5.74) is 3.13. The van der Waals surface area contributed by atoms with Crippen molar-refractivity contribution in [1.29, 1.82) is 0 Å². The minimum atomic E-state index is -0.0348. The Kier molecular flexibility index (Phi) is 5.58. The Hall–Kier alpha value is -1.15. The average molecular weight is 287 g/mol. The number of hydrogen-bond acceptors (Lipinski definition) is 2. The fourth-order valence-electron chi connectivity index (χ4n) is 3.36. The minimum Gasteiger partial charge on any atom is -0.296 e. The summed E-state index contributed by atoms with van der Waals surface area (Å²) in [6.07, 6.45) is 6.76. The molecular formula is C19H29NO. The summed E-state index contributed by atoms with van der Waals surface area (Å²) in [6.45, 7) is 7.18. The Balaban J connectivity index is 2.02. The lowest BCUT2D eigenvalue weighted by atomic mass is 9.88. The molecule has 2 rings (SSSR count). The van der Waals surface area contributed by atoms with Crippen LogP contribution in [0.4, 0.5) is 0 Å². The standard InChI is InChI=1S/C19H29NO/c1-14-10-11-15(2)18(12-14)19(21)16(3)20(4)13-17-8-6-5-7-9-17/h10-12,16-17H,5-9,13H2,1-4H3.